The fourth-order valence-corrected chi connectivity index (χ4v) is 3.03. The molecule has 0 spiro atoms. The molecule has 1 aliphatic carbocycles. The number of thioether (sulfide) groups is 1. The molecule has 1 aromatic rings. The van der Waals surface area contributed by atoms with Gasteiger partial charge in [-0.15, -0.1) is 11.8 Å². The van der Waals surface area contributed by atoms with Crippen molar-refractivity contribution in [2.75, 3.05) is 12.8 Å². The zero-order chi connectivity index (χ0) is 11.4. The predicted octanol–water partition coefficient (Wildman–Crippen LogP) is 3.48. The van der Waals surface area contributed by atoms with Gasteiger partial charge in [-0.3, -0.25) is 0 Å². The first kappa shape index (κ1) is 11.4. The number of nitrogen functional groups attached to an aromatic ring is 1. The quantitative estimate of drug-likeness (QED) is 0.643. The molecule has 0 saturated heterocycles. The van der Waals surface area contributed by atoms with E-state index < -0.39 is 0 Å². The van der Waals surface area contributed by atoms with E-state index >= 15 is 0 Å². The van der Waals surface area contributed by atoms with Crippen LogP contribution in [0.2, 0.25) is 0 Å². The Labute approximate surface area is 101 Å². The highest BCUT2D eigenvalue weighted by atomic mass is 32.2. The summed E-state index contributed by atoms with van der Waals surface area (Å²) in [4.78, 5) is 1.17. The largest absolute Gasteiger partial charge is 0.496 e. The molecular weight excluding hydrogens is 218 g/mol. The lowest BCUT2D eigenvalue weighted by atomic mass is 10.1. The van der Waals surface area contributed by atoms with E-state index in [9.17, 15) is 0 Å². The van der Waals surface area contributed by atoms with Gasteiger partial charge in [-0.2, -0.15) is 0 Å². The number of hydrogen-bond acceptors (Lipinski definition) is 3. The number of rotatable bonds is 3. The van der Waals surface area contributed by atoms with Gasteiger partial charge in [-0.05, 0) is 31.4 Å². The van der Waals surface area contributed by atoms with Crippen molar-refractivity contribution in [2.45, 2.75) is 29.4 Å². The highest BCUT2D eigenvalue weighted by Crippen LogP contribution is 2.36. The molecule has 0 radical (unpaired) electrons. The van der Waals surface area contributed by atoms with Gasteiger partial charge in [-0.1, -0.05) is 12.2 Å². The molecule has 2 rings (SSSR count). The van der Waals surface area contributed by atoms with Crippen LogP contribution in [-0.4, -0.2) is 12.4 Å². The molecule has 0 aliphatic heterocycles. The van der Waals surface area contributed by atoms with Crippen LogP contribution in [0.1, 0.15) is 19.3 Å². The Kier molecular flexibility index (Phi) is 3.78. The highest BCUT2D eigenvalue weighted by molar-refractivity contribution is 8.00. The van der Waals surface area contributed by atoms with Crippen molar-refractivity contribution in [3.63, 3.8) is 0 Å². The molecule has 0 bridgehead atoms. The molecule has 3 heteroatoms. The molecule has 2 nitrogen and oxygen atoms in total. The van der Waals surface area contributed by atoms with Crippen LogP contribution >= 0.6 is 11.8 Å². The fourth-order valence-electron chi connectivity index (χ4n) is 1.82. The minimum atomic E-state index is 0.575. The molecule has 16 heavy (non-hydrogen) atoms. The SMILES string of the molecule is COc1cc(N)ccc1SC1C=CCCC1. The van der Waals surface area contributed by atoms with Crippen molar-refractivity contribution in [2.24, 2.45) is 0 Å². The average Bonchev–Trinajstić information content (AvgIpc) is 2.33. The van der Waals surface area contributed by atoms with E-state index in [1.54, 1.807) is 7.11 Å². The van der Waals surface area contributed by atoms with E-state index in [4.69, 9.17) is 10.5 Å². The number of methoxy groups -OCH3 is 1. The van der Waals surface area contributed by atoms with Crippen LogP contribution in [0.3, 0.4) is 0 Å². The van der Waals surface area contributed by atoms with Crippen molar-refractivity contribution in [3.05, 3.63) is 30.4 Å². The Hall–Kier alpha value is -1.09. The molecule has 2 N–H and O–H groups in total. The monoisotopic (exact) mass is 235 g/mol. The zero-order valence-corrected chi connectivity index (χ0v) is 10.3. The molecule has 0 aromatic heterocycles. The molecule has 1 unspecified atom stereocenters. The zero-order valence-electron chi connectivity index (χ0n) is 9.48. The first-order valence-corrected chi connectivity index (χ1v) is 6.44. The molecule has 0 heterocycles. The van der Waals surface area contributed by atoms with Gasteiger partial charge in [0.15, 0.2) is 0 Å². The summed E-state index contributed by atoms with van der Waals surface area (Å²) in [5, 5.41) is 0.575. The predicted molar refractivity (Wildman–Crippen MR) is 70.0 cm³/mol. The second-order valence-electron chi connectivity index (χ2n) is 3.93. The number of benzene rings is 1. The first-order valence-electron chi connectivity index (χ1n) is 5.56. The second-order valence-corrected chi connectivity index (χ2v) is 5.21. The Bertz CT molecular complexity index is 390. The fraction of sp³-hybridized carbons (Fsp3) is 0.385. The van der Waals surface area contributed by atoms with E-state index in [0.29, 0.717) is 5.25 Å². The van der Waals surface area contributed by atoms with Crippen LogP contribution in [0, 0.1) is 0 Å². The highest BCUT2D eigenvalue weighted by Gasteiger charge is 2.12. The molecule has 1 atom stereocenters. The Morgan fingerprint density at radius 3 is 3.00 bits per heavy atom. The number of allylic oxidation sites excluding steroid dienone is 1. The van der Waals surface area contributed by atoms with Crippen molar-refractivity contribution in [1.82, 2.24) is 0 Å². The van der Waals surface area contributed by atoms with Crippen LogP contribution in [0.4, 0.5) is 5.69 Å². The van der Waals surface area contributed by atoms with E-state index in [1.807, 2.05) is 30.0 Å². The third-order valence-electron chi connectivity index (χ3n) is 2.68. The van der Waals surface area contributed by atoms with E-state index in [1.165, 1.54) is 24.2 Å². The van der Waals surface area contributed by atoms with Gasteiger partial charge >= 0.3 is 0 Å². The van der Waals surface area contributed by atoms with E-state index in [2.05, 4.69) is 12.2 Å². The van der Waals surface area contributed by atoms with Crippen LogP contribution in [-0.2, 0) is 0 Å². The maximum atomic E-state index is 5.73. The van der Waals surface area contributed by atoms with Crippen LogP contribution < -0.4 is 10.5 Å². The van der Waals surface area contributed by atoms with Crippen molar-refractivity contribution in [1.29, 1.82) is 0 Å². The molecule has 0 fully saturated rings. The summed E-state index contributed by atoms with van der Waals surface area (Å²) in [7, 11) is 1.69. The summed E-state index contributed by atoms with van der Waals surface area (Å²) in [6, 6.07) is 5.85. The van der Waals surface area contributed by atoms with Gasteiger partial charge in [-0.25, -0.2) is 0 Å². The summed E-state index contributed by atoms with van der Waals surface area (Å²) >= 11 is 1.86. The second kappa shape index (κ2) is 5.30. The average molecular weight is 235 g/mol. The topological polar surface area (TPSA) is 35.2 Å². The lowest BCUT2D eigenvalue weighted by Crippen LogP contribution is -2.02. The smallest absolute Gasteiger partial charge is 0.134 e. The summed E-state index contributed by atoms with van der Waals surface area (Å²) in [6.07, 6.45) is 8.31. The van der Waals surface area contributed by atoms with Gasteiger partial charge in [0.05, 0.1) is 12.0 Å². The normalized spacial score (nSPS) is 19.7. The van der Waals surface area contributed by atoms with Gasteiger partial charge in [0, 0.05) is 17.0 Å². The van der Waals surface area contributed by atoms with Crippen molar-refractivity contribution in [3.8, 4) is 5.75 Å². The Balaban J connectivity index is 2.13. The molecule has 1 aliphatic rings. The van der Waals surface area contributed by atoms with E-state index in [-0.39, 0.29) is 0 Å². The Morgan fingerprint density at radius 1 is 1.44 bits per heavy atom. The third-order valence-corrected chi connectivity index (χ3v) is 3.96. The van der Waals surface area contributed by atoms with Crippen LogP contribution in [0.25, 0.3) is 0 Å². The van der Waals surface area contributed by atoms with Gasteiger partial charge in [0.1, 0.15) is 5.75 Å². The summed E-state index contributed by atoms with van der Waals surface area (Å²) in [6.45, 7) is 0. The maximum absolute atomic E-state index is 5.73. The van der Waals surface area contributed by atoms with Crippen LogP contribution in [0.15, 0.2) is 35.2 Å². The number of hydrogen-bond donors (Lipinski definition) is 1. The van der Waals surface area contributed by atoms with E-state index in [0.717, 1.165) is 11.4 Å². The first-order chi connectivity index (χ1) is 7.79. The van der Waals surface area contributed by atoms with Crippen molar-refractivity contribution >= 4 is 17.4 Å². The lowest BCUT2D eigenvalue weighted by molar-refractivity contribution is 0.405. The molecule has 0 amide bonds. The van der Waals surface area contributed by atoms with Gasteiger partial charge in [0.2, 0.25) is 0 Å². The number of anilines is 1. The minimum absolute atomic E-state index is 0.575. The molecule has 1 aromatic carbocycles. The molecular formula is C13H17NOS. The molecule has 86 valence electrons. The summed E-state index contributed by atoms with van der Waals surface area (Å²) in [5.41, 5.74) is 6.48. The Morgan fingerprint density at radius 2 is 2.31 bits per heavy atom. The number of ether oxygens (including phenoxy) is 1. The lowest BCUT2D eigenvalue weighted by Gasteiger charge is -2.17. The van der Waals surface area contributed by atoms with Crippen LogP contribution in [0.5, 0.6) is 5.75 Å². The maximum Gasteiger partial charge on any atom is 0.134 e. The van der Waals surface area contributed by atoms with Crippen molar-refractivity contribution < 1.29 is 4.74 Å². The minimum Gasteiger partial charge on any atom is -0.496 e. The summed E-state index contributed by atoms with van der Waals surface area (Å²) < 4.78 is 5.34. The van der Waals surface area contributed by atoms with Gasteiger partial charge < -0.3 is 10.5 Å². The third kappa shape index (κ3) is 2.73. The standard InChI is InChI=1S/C13H17NOS/c1-15-12-9-10(14)7-8-13(12)16-11-5-3-2-4-6-11/h3,5,7-9,11H,2,4,6,14H2,1H3. The number of nitrogens with two attached hydrogens (primary N) is 1. The molecule has 0 saturated carbocycles. The summed E-state index contributed by atoms with van der Waals surface area (Å²) in [5.74, 6) is 0.879. The van der Waals surface area contributed by atoms with Gasteiger partial charge in [0.25, 0.3) is 0 Å².